The predicted molar refractivity (Wildman–Crippen MR) is 71.3 cm³/mol. The third kappa shape index (κ3) is 2.13. The molecule has 5 nitrogen and oxygen atoms in total. The van der Waals surface area contributed by atoms with Crippen molar-refractivity contribution in [3.8, 4) is 11.4 Å². The SMILES string of the molecule is CCC[C@@H](N)c1nc(-c2coc3ccccc23)no1. The summed E-state index contributed by atoms with van der Waals surface area (Å²) in [6.07, 6.45) is 3.45. The Kier molecular flexibility index (Phi) is 3.05. The molecule has 3 aromatic rings. The Morgan fingerprint density at radius 2 is 2.16 bits per heavy atom. The van der Waals surface area contributed by atoms with Gasteiger partial charge in [0.1, 0.15) is 11.8 Å². The maximum Gasteiger partial charge on any atom is 0.243 e. The van der Waals surface area contributed by atoms with Crippen molar-refractivity contribution < 1.29 is 8.94 Å². The van der Waals surface area contributed by atoms with E-state index in [0.29, 0.717) is 11.7 Å². The van der Waals surface area contributed by atoms with Crippen LogP contribution in [0, 0.1) is 0 Å². The average molecular weight is 257 g/mol. The summed E-state index contributed by atoms with van der Waals surface area (Å²) >= 11 is 0. The number of fused-ring (bicyclic) bond motifs is 1. The summed E-state index contributed by atoms with van der Waals surface area (Å²) < 4.78 is 10.7. The van der Waals surface area contributed by atoms with Crippen LogP contribution in [0.5, 0.6) is 0 Å². The van der Waals surface area contributed by atoms with Crippen LogP contribution in [-0.2, 0) is 0 Å². The Morgan fingerprint density at radius 3 is 3.00 bits per heavy atom. The number of aromatic nitrogens is 2. The van der Waals surface area contributed by atoms with Gasteiger partial charge in [0.2, 0.25) is 11.7 Å². The lowest BCUT2D eigenvalue weighted by atomic mass is 10.1. The smallest absolute Gasteiger partial charge is 0.243 e. The maximum atomic E-state index is 5.97. The number of para-hydroxylation sites is 1. The molecule has 0 radical (unpaired) electrons. The molecule has 98 valence electrons. The average Bonchev–Trinajstić information content (AvgIpc) is 3.05. The minimum atomic E-state index is -0.204. The first-order valence-electron chi connectivity index (χ1n) is 6.35. The van der Waals surface area contributed by atoms with E-state index in [4.69, 9.17) is 14.7 Å². The zero-order valence-corrected chi connectivity index (χ0v) is 10.7. The first kappa shape index (κ1) is 11.9. The fourth-order valence-electron chi connectivity index (χ4n) is 2.08. The molecule has 0 amide bonds. The molecule has 0 spiro atoms. The highest BCUT2D eigenvalue weighted by Crippen LogP contribution is 2.29. The molecule has 2 heterocycles. The third-order valence-corrected chi connectivity index (χ3v) is 3.08. The van der Waals surface area contributed by atoms with E-state index in [0.717, 1.165) is 29.4 Å². The largest absolute Gasteiger partial charge is 0.464 e. The normalized spacial score (nSPS) is 12.9. The van der Waals surface area contributed by atoms with E-state index in [1.807, 2.05) is 24.3 Å². The second kappa shape index (κ2) is 4.85. The summed E-state index contributed by atoms with van der Waals surface area (Å²) in [5, 5.41) is 4.96. The van der Waals surface area contributed by atoms with Gasteiger partial charge in [0.05, 0.1) is 11.6 Å². The van der Waals surface area contributed by atoms with E-state index < -0.39 is 0 Å². The Morgan fingerprint density at radius 1 is 1.32 bits per heavy atom. The second-order valence-electron chi connectivity index (χ2n) is 4.50. The minimum absolute atomic E-state index is 0.204. The topological polar surface area (TPSA) is 78.1 Å². The molecule has 1 aromatic carbocycles. The molecule has 1 atom stereocenters. The van der Waals surface area contributed by atoms with E-state index in [9.17, 15) is 0 Å². The molecular weight excluding hydrogens is 242 g/mol. The summed E-state index contributed by atoms with van der Waals surface area (Å²) in [6.45, 7) is 2.07. The number of hydrogen-bond donors (Lipinski definition) is 1. The van der Waals surface area contributed by atoms with Crippen LogP contribution in [0.2, 0.25) is 0 Å². The van der Waals surface area contributed by atoms with Crippen LogP contribution in [0.4, 0.5) is 0 Å². The first-order valence-corrected chi connectivity index (χ1v) is 6.35. The predicted octanol–water partition coefficient (Wildman–Crippen LogP) is 3.28. The molecule has 0 aliphatic heterocycles. The van der Waals surface area contributed by atoms with Gasteiger partial charge in [0.15, 0.2) is 0 Å². The van der Waals surface area contributed by atoms with E-state index in [-0.39, 0.29) is 6.04 Å². The summed E-state index contributed by atoms with van der Waals surface area (Å²) in [7, 11) is 0. The molecule has 0 saturated carbocycles. The molecule has 3 rings (SSSR count). The van der Waals surface area contributed by atoms with Crippen molar-refractivity contribution >= 4 is 11.0 Å². The van der Waals surface area contributed by atoms with Gasteiger partial charge in [-0.2, -0.15) is 4.98 Å². The highest BCUT2D eigenvalue weighted by molar-refractivity contribution is 5.91. The van der Waals surface area contributed by atoms with Crippen molar-refractivity contribution in [3.63, 3.8) is 0 Å². The molecule has 5 heteroatoms. The lowest BCUT2D eigenvalue weighted by Crippen LogP contribution is -2.09. The first-order chi connectivity index (χ1) is 9.29. The van der Waals surface area contributed by atoms with Crippen LogP contribution in [0.1, 0.15) is 31.7 Å². The van der Waals surface area contributed by atoms with Gasteiger partial charge >= 0.3 is 0 Å². The Balaban J connectivity index is 1.98. The van der Waals surface area contributed by atoms with E-state index in [1.54, 1.807) is 6.26 Å². The Labute approximate surface area is 110 Å². The molecule has 0 saturated heterocycles. The van der Waals surface area contributed by atoms with Crippen LogP contribution >= 0.6 is 0 Å². The summed E-state index contributed by atoms with van der Waals surface area (Å²) in [5.41, 5.74) is 7.60. The third-order valence-electron chi connectivity index (χ3n) is 3.08. The zero-order chi connectivity index (χ0) is 13.2. The molecule has 2 N–H and O–H groups in total. The van der Waals surface area contributed by atoms with Crippen LogP contribution in [0.25, 0.3) is 22.4 Å². The van der Waals surface area contributed by atoms with Crippen LogP contribution in [0.3, 0.4) is 0 Å². The Hall–Kier alpha value is -2.14. The number of benzene rings is 1. The Bertz CT molecular complexity index is 687. The fraction of sp³-hybridized carbons (Fsp3) is 0.286. The van der Waals surface area contributed by atoms with Gasteiger partial charge in [-0.05, 0) is 12.5 Å². The van der Waals surface area contributed by atoms with Crippen molar-refractivity contribution in [1.29, 1.82) is 0 Å². The van der Waals surface area contributed by atoms with Gasteiger partial charge in [-0.25, -0.2) is 0 Å². The van der Waals surface area contributed by atoms with Crippen molar-refractivity contribution in [2.24, 2.45) is 5.73 Å². The molecule has 0 unspecified atom stereocenters. The molecular formula is C14H15N3O2. The molecule has 0 bridgehead atoms. The highest BCUT2D eigenvalue weighted by Gasteiger charge is 2.17. The monoisotopic (exact) mass is 257 g/mol. The van der Waals surface area contributed by atoms with E-state index in [2.05, 4.69) is 17.1 Å². The number of nitrogens with zero attached hydrogens (tertiary/aromatic N) is 2. The van der Waals surface area contributed by atoms with Gasteiger partial charge in [0.25, 0.3) is 0 Å². The molecule has 0 fully saturated rings. The number of nitrogens with two attached hydrogens (primary N) is 1. The van der Waals surface area contributed by atoms with Crippen LogP contribution in [0.15, 0.2) is 39.5 Å². The summed E-state index contributed by atoms with van der Waals surface area (Å²) in [4.78, 5) is 4.36. The van der Waals surface area contributed by atoms with Gasteiger partial charge in [-0.1, -0.05) is 36.7 Å². The highest BCUT2D eigenvalue weighted by atomic mass is 16.5. The minimum Gasteiger partial charge on any atom is -0.464 e. The van der Waals surface area contributed by atoms with Crippen molar-refractivity contribution in [3.05, 3.63) is 36.4 Å². The lowest BCUT2D eigenvalue weighted by molar-refractivity contribution is 0.348. The lowest BCUT2D eigenvalue weighted by Gasteiger charge is -2.01. The standard InChI is InChI=1S/C14H15N3O2/c1-2-5-11(15)14-16-13(17-19-14)10-8-18-12-7-4-3-6-9(10)12/h3-4,6-8,11H,2,5,15H2,1H3/t11-/m1/s1. The van der Waals surface area contributed by atoms with Gasteiger partial charge in [0, 0.05) is 5.39 Å². The van der Waals surface area contributed by atoms with E-state index >= 15 is 0 Å². The van der Waals surface area contributed by atoms with Crippen molar-refractivity contribution in [2.45, 2.75) is 25.8 Å². The summed E-state index contributed by atoms with van der Waals surface area (Å²) in [6, 6.07) is 7.54. The summed E-state index contributed by atoms with van der Waals surface area (Å²) in [5.74, 6) is 0.994. The zero-order valence-electron chi connectivity index (χ0n) is 10.7. The van der Waals surface area contributed by atoms with E-state index in [1.165, 1.54) is 0 Å². The van der Waals surface area contributed by atoms with Gasteiger partial charge < -0.3 is 14.7 Å². The second-order valence-corrected chi connectivity index (χ2v) is 4.50. The van der Waals surface area contributed by atoms with Crippen LogP contribution < -0.4 is 5.73 Å². The number of furan rings is 1. The number of rotatable bonds is 4. The maximum absolute atomic E-state index is 5.97. The molecule has 0 aliphatic carbocycles. The van der Waals surface area contributed by atoms with Crippen molar-refractivity contribution in [1.82, 2.24) is 10.1 Å². The molecule has 0 aliphatic rings. The quantitative estimate of drug-likeness (QED) is 0.776. The van der Waals surface area contributed by atoms with Crippen LogP contribution in [-0.4, -0.2) is 10.1 Å². The van der Waals surface area contributed by atoms with Gasteiger partial charge in [-0.15, -0.1) is 0 Å². The van der Waals surface area contributed by atoms with Crippen molar-refractivity contribution in [2.75, 3.05) is 0 Å². The molecule has 19 heavy (non-hydrogen) atoms. The molecule has 2 aromatic heterocycles. The fourth-order valence-corrected chi connectivity index (χ4v) is 2.08. The number of hydrogen-bond acceptors (Lipinski definition) is 5. The van der Waals surface area contributed by atoms with Gasteiger partial charge in [-0.3, -0.25) is 0 Å².